The molecule has 2 unspecified atom stereocenters. The largest absolute Gasteiger partial charge is 1.00 e. The van der Waals surface area contributed by atoms with Gasteiger partial charge in [-0.1, -0.05) is 17.7 Å². The Balaban J connectivity index is 0.00000243. The third kappa shape index (κ3) is 3.16. The van der Waals surface area contributed by atoms with Gasteiger partial charge < -0.3 is 15.2 Å². The van der Waals surface area contributed by atoms with Crippen LogP contribution in [0.5, 0.6) is 0 Å². The summed E-state index contributed by atoms with van der Waals surface area (Å²) >= 11 is 0. The van der Waals surface area contributed by atoms with Gasteiger partial charge >= 0.3 is 29.6 Å². The van der Waals surface area contributed by atoms with Gasteiger partial charge in [-0.15, -0.1) is 0 Å². The second-order valence-corrected chi connectivity index (χ2v) is 7.21. The molecule has 8 nitrogen and oxygen atoms in total. The molecule has 1 fully saturated rings. The van der Waals surface area contributed by atoms with Gasteiger partial charge in [0.15, 0.2) is 0 Å². The normalized spacial score (nSPS) is 24.4. The first-order valence-electron chi connectivity index (χ1n) is 7.31. The van der Waals surface area contributed by atoms with Gasteiger partial charge in [0, 0.05) is 11.1 Å². The van der Waals surface area contributed by atoms with Crippen LogP contribution in [-0.2, 0) is 25.2 Å². The number of hydrogen-bond acceptors (Lipinski definition) is 6. The van der Waals surface area contributed by atoms with E-state index in [1.54, 1.807) is 24.3 Å². The van der Waals surface area contributed by atoms with Gasteiger partial charge in [-0.05, 0) is 26.0 Å². The summed E-state index contributed by atoms with van der Waals surface area (Å²) in [6.45, 7) is 3.02. The summed E-state index contributed by atoms with van der Waals surface area (Å²) < 4.78 is 12.3. The van der Waals surface area contributed by atoms with E-state index >= 15 is 0 Å². The molecule has 0 saturated carbocycles. The molecule has 1 aromatic rings. The average molecular weight is 384 g/mol. The number of carbonyl (C=O) groups is 4. The van der Waals surface area contributed by atoms with Crippen molar-refractivity contribution in [2.45, 2.75) is 25.3 Å². The minimum Gasteiger partial charge on any atom is -0.543 e. The Morgan fingerprint density at radius 1 is 1.15 bits per heavy atom. The van der Waals surface area contributed by atoms with Crippen LogP contribution in [0.25, 0.3) is 0 Å². The van der Waals surface area contributed by atoms with Crippen LogP contribution in [0.2, 0.25) is 0 Å². The van der Waals surface area contributed by atoms with Crippen LogP contribution in [0.15, 0.2) is 35.5 Å². The van der Waals surface area contributed by atoms with Crippen molar-refractivity contribution >= 4 is 33.7 Å². The van der Waals surface area contributed by atoms with E-state index in [-0.39, 0.29) is 40.7 Å². The van der Waals surface area contributed by atoms with Gasteiger partial charge in [-0.2, -0.15) is 0 Å². The van der Waals surface area contributed by atoms with Crippen LogP contribution < -0.4 is 40.0 Å². The maximum Gasteiger partial charge on any atom is 1.00 e. The molecule has 1 N–H and O–H groups in total. The summed E-state index contributed by atoms with van der Waals surface area (Å²) in [5.74, 6) is -3.03. The number of aryl methyl sites for hydroxylation is 1. The summed E-state index contributed by atoms with van der Waals surface area (Å²) in [5, 5.41) is 11.5. The van der Waals surface area contributed by atoms with E-state index in [9.17, 15) is 28.5 Å². The Kier molecular flexibility index (Phi) is 5.86. The van der Waals surface area contributed by atoms with Crippen LogP contribution in [-0.4, -0.2) is 43.4 Å². The third-order valence-electron chi connectivity index (χ3n) is 4.14. The standard InChI is InChI=1S/C16H14N2O6S.Na/c1-7-3-5-9(6-4-7)12(19)17-10-13(20)18-11(15(21)22)8(2)16(23)25(24)14(10)18;/h3-6,10,14H,1-2H3,(H,17,19)(H,21,22);/q;+1/p-1/t10?,14-,25?;/m0./s1. The molecule has 0 bridgehead atoms. The second kappa shape index (κ2) is 7.43. The number of β-lactam (4-membered cyclic amide) rings is 1. The van der Waals surface area contributed by atoms with E-state index < -0.39 is 50.8 Å². The molecule has 0 aromatic heterocycles. The number of amides is 2. The van der Waals surface area contributed by atoms with E-state index in [1.165, 1.54) is 6.92 Å². The molecular weight excluding hydrogens is 371 g/mol. The summed E-state index contributed by atoms with van der Waals surface area (Å²) in [6, 6.07) is 5.32. The molecular formula is C16H13N2NaO6S. The molecule has 2 amide bonds. The van der Waals surface area contributed by atoms with Crippen LogP contribution >= 0.6 is 0 Å². The Morgan fingerprint density at radius 3 is 2.27 bits per heavy atom. The predicted molar refractivity (Wildman–Crippen MR) is 83.9 cm³/mol. The fourth-order valence-corrected chi connectivity index (χ4v) is 4.22. The number of carboxylic acid groups (broad SMARTS) is 1. The van der Waals surface area contributed by atoms with Crippen molar-refractivity contribution in [3.05, 3.63) is 46.7 Å². The van der Waals surface area contributed by atoms with Gasteiger partial charge in [0.1, 0.15) is 22.2 Å². The van der Waals surface area contributed by atoms with Gasteiger partial charge in [-0.25, -0.2) is 4.21 Å². The summed E-state index contributed by atoms with van der Waals surface area (Å²) in [7, 11) is -2.17. The second-order valence-electron chi connectivity index (χ2n) is 5.76. The maximum absolute atomic E-state index is 12.3. The van der Waals surface area contributed by atoms with E-state index in [0.29, 0.717) is 0 Å². The van der Waals surface area contributed by atoms with Crippen molar-refractivity contribution in [2.24, 2.45) is 0 Å². The quantitative estimate of drug-likeness (QED) is 0.414. The Hall–Kier alpha value is -1.81. The van der Waals surface area contributed by atoms with Gasteiger partial charge in [0.05, 0.1) is 11.7 Å². The fraction of sp³-hybridized carbons (Fsp3) is 0.250. The zero-order chi connectivity index (χ0) is 18.5. The summed E-state index contributed by atoms with van der Waals surface area (Å²) in [5.41, 5.74) is 0.337. The van der Waals surface area contributed by atoms with E-state index in [2.05, 4.69) is 5.32 Å². The van der Waals surface area contributed by atoms with Crippen LogP contribution in [0.3, 0.4) is 0 Å². The molecule has 1 saturated heterocycles. The monoisotopic (exact) mass is 384 g/mol. The van der Waals surface area contributed by atoms with E-state index in [0.717, 1.165) is 10.5 Å². The predicted octanol–water partition coefficient (Wildman–Crippen LogP) is -4.42. The molecule has 26 heavy (non-hydrogen) atoms. The number of carboxylic acids is 1. The molecule has 0 aliphatic carbocycles. The molecule has 2 heterocycles. The Morgan fingerprint density at radius 2 is 1.73 bits per heavy atom. The van der Waals surface area contributed by atoms with Gasteiger partial charge in [0.25, 0.3) is 11.8 Å². The van der Waals surface area contributed by atoms with Crippen LogP contribution in [0.1, 0.15) is 22.8 Å². The first kappa shape index (κ1) is 20.5. The smallest absolute Gasteiger partial charge is 0.543 e. The zero-order valence-corrected chi connectivity index (χ0v) is 17.1. The van der Waals surface area contributed by atoms with Gasteiger partial charge in [-0.3, -0.25) is 19.3 Å². The third-order valence-corrected chi connectivity index (χ3v) is 5.73. The number of nitrogens with one attached hydrogen (secondary N) is 1. The van der Waals surface area contributed by atoms with E-state index in [1.807, 2.05) is 6.92 Å². The number of carbonyl (C=O) groups excluding carboxylic acids is 4. The van der Waals surface area contributed by atoms with Crippen LogP contribution in [0, 0.1) is 6.92 Å². The maximum atomic E-state index is 12.3. The topological polar surface area (TPSA) is 124 Å². The minimum atomic E-state index is -2.17. The van der Waals surface area contributed by atoms with Gasteiger partial charge in [0.2, 0.25) is 5.12 Å². The number of fused-ring (bicyclic) bond motifs is 1. The van der Waals surface area contributed by atoms with Crippen molar-refractivity contribution in [1.82, 2.24) is 10.2 Å². The Labute approximate surface area is 173 Å². The first-order valence-corrected chi connectivity index (χ1v) is 8.53. The first-order chi connectivity index (χ1) is 11.7. The molecule has 2 aliphatic rings. The SMILES string of the molecule is CC1=C(C(=O)[O-])N2C(=O)C(NC(=O)c3ccc(C)cc3)[C@@H]2S(=O)C1=O.[Na+]. The number of benzene rings is 1. The molecule has 0 spiro atoms. The summed E-state index contributed by atoms with van der Waals surface area (Å²) in [6.07, 6.45) is 0. The Bertz CT molecular complexity index is 879. The minimum absolute atomic E-state index is 0. The van der Waals surface area contributed by atoms with Crippen LogP contribution in [0.4, 0.5) is 0 Å². The number of nitrogens with zero attached hydrogens (tertiary/aromatic N) is 1. The molecule has 3 atom stereocenters. The number of rotatable bonds is 3. The molecule has 10 heteroatoms. The molecule has 130 valence electrons. The molecule has 3 rings (SSSR count). The van der Waals surface area contributed by atoms with E-state index in [4.69, 9.17) is 0 Å². The average Bonchev–Trinajstić information content (AvgIpc) is 2.57. The molecule has 1 aromatic carbocycles. The molecule has 2 aliphatic heterocycles. The van der Waals surface area contributed by atoms with Crippen molar-refractivity contribution in [3.8, 4) is 0 Å². The number of hydrogen-bond donors (Lipinski definition) is 1. The van der Waals surface area contributed by atoms with Crippen molar-refractivity contribution in [1.29, 1.82) is 0 Å². The molecule has 0 radical (unpaired) electrons. The van der Waals surface area contributed by atoms with Crippen molar-refractivity contribution < 1.29 is 58.1 Å². The number of aliphatic carboxylic acids is 1. The summed E-state index contributed by atoms with van der Waals surface area (Å²) in [4.78, 5) is 48.5. The van der Waals surface area contributed by atoms with Crippen molar-refractivity contribution in [2.75, 3.05) is 0 Å². The fourth-order valence-electron chi connectivity index (χ4n) is 2.77. The zero-order valence-electron chi connectivity index (χ0n) is 14.3. The van der Waals surface area contributed by atoms with Crippen molar-refractivity contribution in [3.63, 3.8) is 0 Å².